The molecular weight excluding hydrogens is 437 g/mol. The summed E-state index contributed by atoms with van der Waals surface area (Å²) in [6.07, 6.45) is -3.68. The number of amides is 1. The van der Waals surface area contributed by atoms with Crippen LogP contribution in [0.3, 0.4) is 0 Å². The molecule has 3 aliphatic rings. The van der Waals surface area contributed by atoms with E-state index in [0.717, 1.165) is 17.8 Å². The van der Waals surface area contributed by atoms with E-state index < -0.39 is 17.2 Å². The number of rotatable bonds is 2. The maximum Gasteiger partial charge on any atom is 0.417 e. The number of nitrogens with zero attached hydrogens (tertiary/aromatic N) is 2. The molecule has 1 aromatic heterocycles. The normalized spacial score (nSPS) is 20.6. The van der Waals surface area contributed by atoms with Crippen molar-refractivity contribution >= 4 is 11.6 Å². The summed E-state index contributed by atoms with van der Waals surface area (Å²) in [5.74, 6) is 1.46. The highest BCUT2D eigenvalue weighted by atomic mass is 19.4. The molecule has 6 nitrogen and oxygen atoms in total. The molecule has 0 bridgehead atoms. The van der Waals surface area contributed by atoms with Gasteiger partial charge >= 0.3 is 6.18 Å². The van der Waals surface area contributed by atoms with E-state index in [9.17, 15) is 18.0 Å². The molecule has 0 saturated heterocycles. The second-order valence-corrected chi connectivity index (χ2v) is 8.13. The Kier molecular flexibility index (Phi) is 4.14. The molecule has 0 saturated carbocycles. The minimum atomic E-state index is -4.47. The molecule has 2 aromatic carbocycles. The van der Waals surface area contributed by atoms with E-state index in [1.807, 2.05) is 24.3 Å². The van der Waals surface area contributed by atoms with Crippen LogP contribution in [0.25, 0.3) is 0 Å². The first-order chi connectivity index (χ1) is 15.9. The third kappa shape index (κ3) is 2.88. The van der Waals surface area contributed by atoms with Gasteiger partial charge in [0.1, 0.15) is 31.0 Å². The van der Waals surface area contributed by atoms with Gasteiger partial charge in [-0.25, -0.2) is 0 Å². The van der Waals surface area contributed by atoms with Crippen LogP contribution < -0.4 is 19.1 Å². The van der Waals surface area contributed by atoms with Crippen molar-refractivity contribution in [3.63, 3.8) is 0 Å². The summed E-state index contributed by atoms with van der Waals surface area (Å²) in [5.41, 5.74) is 0.582. The van der Waals surface area contributed by atoms with Crippen LogP contribution in [0.15, 0.2) is 54.7 Å². The number of hydrogen-bond donors (Lipinski definition) is 0. The van der Waals surface area contributed by atoms with Crippen molar-refractivity contribution in [1.29, 1.82) is 0 Å². The zero-order chi connectivity index (χ0) is 22.8. The average Bonchev–Trinajstić information content (AvgIpc) is 3.30. The number of carbonyl (C=O) groups excluding carboxylic acids is 1. The highest BCUT2D eigenvalue weighted by molar-refractivity contribution is 6.11. The monoisotopic (exact) mass is 454 g/mol. The molecule has 1 amide bonds. The van der Waals surface area contributed by atoms with Gasteiger partial charge in [0.05, 0.1) is 17.8 Å². The van der Waals surface area contributed by atoms with Gasteiger partial charge in [0, 0.05) is 23.5 Å². The summed E-state index contributed by atoms with van der Waals surface area (Å²) in [6.45, 7) is 0.996. The zero-order valence-corrected chi connectivity index (χ0v) is 17.2. The van der Waals surface area contributed by atoms with Gasteiger partial charge < -0.3 is 19.1 Å². The van der Waals surface area contributed by atoms with Crippen molar-refractivity contribution < 1.29 is 32.2 Å². The van der Waals surface area contributed by atoms with E-state index in [-0.39, 0.29) is 19.1 Å². The van der Waals surface area contributed by atoms with Crippen LogP contribution >= 0.6 is 0 Å². The van der Waals surface area contributed by atoms with Crippen LogP contribution in [0, 0.1) is 0 Å². The maximum atomic E-state index is 13.9. The molecule has 9 heteroatoms. The Bertz CT molecular complexity index is 1280. The van der Waals surface area contributed by atoms with Gasteiger partial charge in [0.2, 0.25) is 5.91 Å². The van der Waals surface area contributed by atoms with Crippen LogP contribution in [0.5, 0.6) is 17.2 Å². The summed E-state index contributed by atoms with van der Waals surface area (Å²) >= 11 is 0. The molecule has 1 unspecified atom stereocenters. The third-order valence-electron chi connectivity index (χ3n) is 6.29. The summed E-state index contributed by atoms with van der Waals surface area (Å²) < 4.78 is 56.0. The number of fused-ring (bicyclic) bond motifs is 5. The summed E-state index contributed by atoms with van der Waals surface area (Å²) in [5, 5.41) is 0. The van der Waals surface area contributed by atoms with E-state index in [1.54, 1.807) is 17.0 Å². The molecule has 0 N–H and O–H groups in total. The highest BCUT2D eigenvalue weighted by Gasteiger charge is 2.57. The van der Waals surface area contributed by atoms with Crippen LogP contribution in [0.2, 0.25) is 0 Å². The molecule has 6 rings (SSSR count). The lowest BCUT2D eigenvalue weighted by Crippen LogP contribution is -2.42. The number of alkyl halides is 3. The summed E-state index contributed by atoms with van der Waals surface area (Å²) in [4.78, 5) is 19.4. The van der Waals surface area contributed by atoms with Crippen molar-refractivity contribution in [3.05, 3.63) is 77.1 Å². The Hall–Kier alpha value is -3.75. The Morgan fingerprint density at radius 2 is 1.70 bits per heavy atom. The minimum Gasteiger partial charge on any atom is -0.491 e. The fourth-order valence-electron chi connectivity index (χ4n) is 4.72. The van der Waals surface area contributed by atoms with Gasteiger partial charge in [-0.05, 0) is 29.8 Å². The van der Waals surface area contributed by atoms with Gasteiger partial charge in [0.15, 0.2) is 11.5 Å². The molecule has 168 valence electrons. The van der Waals surface area contributed by atoms with E-state index >= 15 is 0 Å². The van der Waals surface area contributed by atoms with Crippen molar-refractivity contribution in [3.8, 4) is 17.2 Å². The predicted octanol–water partition coefficient (Wildman–Crippen LogP) is 4.10. The smallest absolute Gasteiger partial charge is 0.417 e. The number of benzene rings is 2. The Labute approximate surface area is 186 Å². The van der Waals surface area contributed by atoms with Crippen molar-refractivity contribution in [2.45, 2.75) is 18.1 Å². The first-order valence-electron chi connectivity index (χ1n) is 10.4. The Balaban J connectivity index is 1.41. The Morgan fingerprint density at radius 3 is 2.42 bits per heavy atom. The van der Waals surface area contributed by atoms with Crippen LogP contribution in [-0.4, -0.2) is 30.7 Å². The topological polar surface area (TPSA) is 60.9 Å². The first kappa shape index (κ1) is 19.9. The van der Waals surface area contributed by atoms with Crippen LogP contribution in [0.4, 0.5) is 18.9 Å². The predicted molar refractivity (Wildman–Crippen MR) is 111 cm³/mol. The molecule has 1 spiro atoms. The number of carbonyl (C=O) groups is 1. The van der Waals surface area contributed by atoms with Gasteiger partial charge in [-0.1, -0.05) is 18.2 Å². The second kappa shape index (κ2) is 6.87. The molecule has 3 aliphatic heterocycles. The fourth-order valence-corrected chi connectivity index (χ4v) is 4.72. The molecule has 4 heterocycles. The number of hydrogen-bond acceptors (Lipinski definition) is 5. The number of anilines is 1. The number of ether oxygens (including phenoxy) is 3. The molecule has 3 aromatic rings. The first-order valence-corrected chi connectivity index (χ1v) is 10.4. The number of pyridine rings is 1. The largest absolute Gasteiger partial charge is 0.491 e. The average molecular weight is 454 g/mol. The van der Waals surface area contributed by atoms with E-state index in [4.69, 9.17) is 14.2 Å². The molecule has 33 heavy (non-hydrogen) atoms. The zero-order valence-electron chi connectivity index (χ0n) is 17.2. The second-order valence-electron chi connectivity index (χ2n) is 8.13. The quantitative estimate of drug-likeness (QED) is 0.584. The van der Waals surface area contributed by atoms with E-state index in [1.165, 1.54) is 6.07 Å². The van der Waals surface area contributed by atoms with E-state index in [0.29, 0.717) is 47.4 Å². The molecule has 0 fully saturated rings. The summed E-state index contributed by atoms with van der Waals surface area (Å²) in [6, 6.07) is 13.2. The van der Waals surface area contributed by atoms with Crippen molar-refractivity contribution in [2.24, 2.45) is 0 Å². The lowest BCUT2D eigenvalue weighted by atomic mass is 9.77. The maximum absolute atomic E-state index is 13.9. The summed E-state index contributed by atoms with van der Waals surface area (Å²) in [7, 11) is 0. The van der Waals surface area contributed by atoms with Crippen molar-refractivity contribution in [2.75, 3.05) is 24.7 Å². The lowest BCUT2D eigenvalue weighted by molar-refractivity contribution is -0.137. The standard InChI is InChI=1S/C24H17F3N2O4/c25-24(26,27)14-5-6-15(28-11-14)12-29-18-4-2-1-3-16(18)23(22(29)30)13-33-19-10-21-20(9-17(19)23)31-7-8-32-21/h1-6,9-11H,7-8,12-13H2. The third-order valence-corrected chi connectivity index (χ3v) is 6.29. The molecule has 0 radical (unpaired) electrons. The van der Waals surface area contributed by atoms with Crippen LogP contribution in [0.1, 0.15) is 22.4 Å². The molecular formula is C24H17F3N2O4. The van der Waals surface area contributed by atoms with Crippen LogP contribution in [-0.2, 0) is 22.9 Å². The fraction of sp³-hybridized carbons (Fsp3) is 0.250. The van der Waals surface area contributed by atoms with Gasteiger partial charge in [-0.2, -0.15) is 13.2 Å². The lowest BCUT2D eigenvalue weighted by Gasteiger charge is -2.24. The molecule has 1 atom stereocenters. The number of aromatic nitrogens is 1. The Morgan fingerprint density at radius 1 is 0.939 bits per heavy atom. The highest BCUT2D eigenvalue weighted by Crippen LogP contribution is 2.55. The van der Waals surface area contributed by atoms with Gasteiger partial charge in [-0.15, -0.1) is 0 Å². The van der Waals surface area contributed by atoms with Gasteiger partial charge in [-0.3, -0.25) is 9.78 Å². The van der Waals surface area contributed by atoms with E-state index in [2.05, 4.69) is 4.98 Å². The van der Waals surface area contributed by atoms with Crippen molar-refractivity contribution in [1.82, 2.24) is 4.98 Å². The SMILES string of the molecule is O=C1N(Cc2ccc(C(F)(F)F)cn2)c2ccccc2C12COc1cc3c(cc12)OCCO3. The molecule has 0 aliphatic carbocycles. The van der Waals surface area contributed by atoms with Gasteiger partial charge in [0.25, 0.3) is 0 Å². The minimum absolute atomic E-state index is 0.0373. The number of para-hydroxylation sites is 1. The number of halogens is 3.